The molecule has 4 heteroatoms. The zero-order chi connectivity index (χ0) is 14.5. The van der Waals surface area contributed by atoms with Crippen molar-refractivity contribution in [1.82, 2.24) is 4.90 Å². The summed E-state index contributed by atoms with van der Waals surface area (Å²) in [5.41, 5.74) is 3.22. The number of hydrogen-bond donors (Lipinski definition) is 0. The maximum Gasteiger partial charge on any atom is 0.219 e. The predicted molar refractivity (Wildman–Crippen MR) is 80.4 cm³/mol. The van der Waals surface area contributed by atoms with E-state index in [-0.39, 0.29) is 11.7 Å². The Kier molecular flexibility index (Phi) is 5.18. The normalized spacial score (nSPS) is 14.6. The second kappa shape index (κ2) is 6.89. The molecule has 0 fully saturated rings. The number of nitrogens with zero attached hydrogens (tertiary/aromatic N) is 1. The van der Waals surface area contributed by atoms with E-state index in [1.807, 2.05) is 23.1 Å². The standard InChI is InChI=1S/C16H20ClNO2/c1-12(19)18-9-6-13-4-5-15(11-14(13)7-10-18)16(20)3-2-8-17/h4-5,11H,2-3,6-10H2,1H3. The van der Waals surface area contributed by atoms with E-state index in [1.165, 1.54) is 11.1 Å². The topological polar surface area (TPSA) is 37.4 Å². The van der Waals surface area contributed by atoms with E-state index in [0.29, 0.717) is 12.3 Å². The van der Waals surface area contributed by atoms with E-state index in [2.05, 4.69) is 0 Å². The van der Waals surface area contributed by atoms with Crippen LogP contribution in [0, 0.1) is 0 Å². The number of alkyl halides is 1. The van der Waals surface area contributed by atoms with Gasteiger partial charge in [0.25, 0.3) is 0 Å². The monoisotopic (exact) mass is 293 g/mol. The van der Waals surface area contributed by atoms with Crippen molar-refractivity contribution in [3.8, 4) is 0 Å². The van der Waals surface area contributed by atoms with Gasteiger partial charge in [0.05, 0.1) is 0 Å². The molecule has 0 atom stereocenters. The molecule has 0 N–H and O–H groups in total. The van der Waals surface area contributed by atoms with Crippen molar-refractivity contribution < 1.29 is 9.59 Å². The van der Waals surface area contributed by atoms with Crippen LogP contribution in [0.25, 0.3) is 0 Å². The van der Waals surface area contributed by atoms with E-state index < -0.39 is 0 Å². The smallest absolute Gasteiger partial charge is 0.219 e. The number of fused-ring (bicyclic) bond motifs is 1. The third kappa shape index (κ3) is 3.60. The molecule has 1 aliphatic heterocycles. The summed E-state index contributed by atoms with van der Waals surface area (Å²) in [6.45, 7) is 3.11. The van der Waals surface area contributed by atoms with Gasteiger partial charge in [0, 0.05) is 37.9 Å². The molecule has 0 radical (unpaired) electrons. The van der Waals surface area contributed by atoms with Gasteiger partial charge in [0.1, 0.15) is 0 Å². The lowest BCUT2D eigenvalue weighted by Crippen LogP contribution is -2.30. The van der Waals surface area contributed by atoms with Crippen molar-refractivity contribution >= 4 is 23.3 Å². The lowest BCUT2D eigenvalue weighted by molar-refractivity contribution is -0.128. The van der Waals surface area contributed by atoms with Crippen LogP contribution in [0.4, 0.5) is 0 Å². The lowest BCUT2D eigenvalue weighted by Gasteiger charge is -2.17. The molecule has 1 heterocycles. The van der Waals surface area contributed by atoms with Gasteiger partial charge >= 0.3 is 0 Å². The molecule has 2 rings (SSSR count). The van der Waals surface area contributed by atoms with Crippen LogP contribution in [-0.2, 0) is 17.6 Å². The van der Waals surface area contributed by atoms with Crippen molar-refractivity contribution in [2.45, 2.75) is 32.6 Å². The van der Waals surface area contributed by atoms with Gasteiger partial charge in [-0.2, -0.15) is 0 Å². The van der Waals surface area contributed by atoms with Gasteiger partial charge in [-0.15, -0.1) is 11.6 Å². The first-order valence-electron chi connectivity index (χ1n) is 7.08. The molecule has 1 aromatic rings. The van der Waals surface area contributed by atoms with Gasteiger partial charge in [-0.05, 0) is 36.5 Å². The third-order valence-corrected chi connectivity index (χ3v) is 4.08. The summed E-state index contributed by atoms with van der Waals surface area (Å²) in [7, 11) is 0. The second-order valence-corrected chi connectivity index (χ2v) is 5.58. The molecule has 0 saturated heterocycles. The molecule has 1 amide bonds. The quantitative estimate of drug-likeness (QED) is 0.632. The fraction of sp³-hybridized carbons (Fsp3) is 0.500. The Balaban J connectivity index is 2.13. The highest BCUT2D eigenvalue weighted by Gasteiger charge is 2.17. The number of halogens is 1. The fourth-order valence-electron chi connectivity index (χ4n) is 2.59. The number of carbonyl (C=O) groups is 2. The van der Waals surface area contributed by atoms with E-state index in [0.717, 1.165) is 37.9 Å². The number of ketones is 1. The lowest BCUT2D eigenvalue weighted by atomic mass is 9.97. The minimum Gasteiger partial charge on any atom is -0.342 e. The molecule has 0 aliphatic carbocycles. The zero-order valence-corrected chi connectivity index (χ0v) is 12.6. The molecule has 3 nitrogen and oxygen atoms in total. The molecule has 1 aromatic carbocycles. The largest absolute Gasteiger partial charge is 0.342 e. The summed E-state index contributed by atoms with van der Waals surface area (Å²) in [6, 6.07) is 5.93. The van der Waals surface area contributed by atoms with Crippen LogP contribution >= 0.6 is 11.6 Å². The summed E-state index contributed by atoms with van der Waals surface area (Å²) in [5, 5.41) is 0. The number of amides is 1. The Bertz CT molecular complexity index is 513. The van der Waals surface area contributed by atoms with Gasteiger partial charge in [-0.3, -0.25) is 9.59 Å². The van der Waals surface area contributed by atoms with Crippen molar-refractivity contribution in [3.63, 3.8) is 0 Å². The number of Topliss-reactive ketones (excluding diaryl/α,β-unsaturated/α-hetero) is 1. The van der Waals surface area contributed by atoms with Crippen LogP contribution in [-0.4, -0.2) is 35.6 Å². The molecular formula is C16H20ClNO2. The molecule has 1 aliphatic rings. The van der Waals surface area contributed by atoms with Crippen LogP contribution in [0.1, 0.15) is 41.3 Å². The summed E-state index contributed by atoms with van der Waals surface area (Å²) in [6.07, 6.45) is 2.91. The highest BCUT2D eigenvalue weighted by Crippen LogP contribution is 2.19. The predicted octanol–water partition coefficient (Wildman–Crippen LogP) is 2.84. The fourth-order valence-corrected chi connectivity index (χ4v) is 2.72. The van der Waals surface area contributed by atoms with Crippen molar-refractivity contribution in [1.29, 1.82) is 0 Å². The average Bonchev–Trinajstić information content (AvgIpc) is 2.66. The Morgan fingerprint density at radius 2 is 1.90 bits per heavy atom. The molecule has 0 spiro atoms. The van der Waals surface area contributed by atoms with Crippen LogP contribution in [0.2, 0.25) is 0 Å². The van der Waals surface area contributed by atoms with Gasteiger partial charge in [-0.25, -0.2) is 0 Å². The molecular weight excluding hydrogens is 274 g/mol. The van der Waals surface area contributed by atoms with Crippen molar-refractivity contribution in [2.24, 2.45) is 0 Å². The molecule has 108 valence electrons. The second-order valence-electron chi connectivity index (χ2n) is 5.21. The number of benzene rings is 1. The van der Waals surface area contributed by atoms with Crippen LogP contribution in [0.3, 0.4) is 0 Å². The van der Waals surface area contributed by atoms with Crippen LogP contribution < -0.4 is 0 Å². The molecule has 0 aromatic heterocycles. The maximum atomic E-state index is 12.0. The summed E-state index contributed by atoms with van der Waals surface area (Å²) in [4.78, 5) is 25.4. The third-order valence-electron chi connectivity index (χ3n) is 3.81. The van der Waals surface area contributed by atoms with Crippen LogP contribution in [0.15, 0.2) is 18.2 Å². The van der Waals surface area contributed by atoms with E-state index >= 15 is 0 Å². The first kappa shape index (κ1) is 15.0. The highest BCUT2D eigenvalue weighted by atomic mass is 35.5. The first-order valence-corrected chi connectivity index (χ1v) is 7.61. The Hall–Kier alpha value is -1.35. The average molecular weight is 294 g/mol. The van der Waals surface area contributed by atoms with Gasteiger partial charge in [0.2, 0.25) is 5.91 Å². The maximum absolute atomic E-state index is 12.0. The first-order chi connectivity index (χ1) is 9.61. The van der Waals surface area contributed by atoms with Gasteiger partial charge < -0.3 is 4.90 Å². The Morgan fingerprint density at radius 3 is 2.55 bits per heavy atom. The zero-order valence-electron chi connectivity index (χ0n) is 11.8. The highest BCUT2D eigenvalue weighted by molar-refractivity contribution is 6.18. The SMILES string of the molecule is CC(=O)N1CCc2ccc(C(=O)CCCCl)cc2CC1. The van der Waals surface area contributed by atoms with Crippen LogP contribution in [0.5, 0.6) is 0 Å². The number of hydrogen-bond acceptors (Lipinski definition) is 2. The number of carbonyl (C=O) groups excluding carboxylic acids is 2. The molecule has 0 saturated carbocycles. The minimum absolute atomic E-state index is 0.121. The molecule has 20 heavy (non-hydrogen) atoms. The summed E-state index contributed by atoms with van der Waals surface area (Å²) < 4.78 is 0. The van der Waals surface area contributed by atoms with Gasteiger partial charge in [-0.1, -0.05) is 12.1 Å². The van der Waals surface area contributed by atoms with Crippen molar-refractivity contribution in [2.75, 3.05) is 19.0 Å². The Morgan fingerprint density at radius 1 is 1.20 bits per heavy atom. The number of rotatable bonds is 4. The van der Waals surface area contributed by atoms with E-state index in [1.54, 1.807) is 6.92 Å². The molecule has 0 unspecified atom stereocenters. The molecule has 0 bridgehead atoms. The van der Waals surface area contributed by atoms with E-state index in [9.17, 15) is 9.59 Å². The van der Waals surface area contributed by atoms with Crippen molar-refractivity contribution in [3.05, 3.63) is 34.9 Å². The van der Waals surface area contributed by atoms with Gasteiger partial charge in [0.15, 0.2) is 5.78 Å². The van der Waals surface area contributed by atoms with E-state index in [4.69, 9.17) is 11.6 Å². The minimum atomic E-state index is 0.121. The summed E-state index contributed by atoms with van der Waals surface area (Å²) in [5.74, 6) is 0.793. The summed E-state index contributed by atoms with van der Waals surface area (Å²) >= 11 is 5.63. The Labute approximate surface area is 124 Å².